The molecule has 2 unspecified atom stereocenters. The van der Waals surface area contributed by atoms with E-state index >= 15 is 0 Å². The molecule has 160 valence electrons. The normalized spacial score (nSPS) is 18.5. The fourth-order valence-corrected chi connectivity index (χ4v) is 5.84. The predicted molar refractivity (Wildman–Crippen MR) is 112 cm³/mol. The molecule has 0 saturated carbocycles. The molecule has 2 N–H and O–H groups in total. The van der Waals surface area contributed by atoms with Crippen LogP contribution in [0.25, 0.3) is 11.1 Å². The van der Waals surface area contributed by atoms with E-state index in [-0.39, 0.29) is 19.4 Å². The lowest BCUT2D eigenvalue weighted by molar-refractivity contribution is -0.155. The maximum absolute atomic E-state index is 13.9. The van der Waals surface area contributed by atoms with E-state index in [1.165, 1.54) is 0 Å². The molecule has 1 aliphatic rings. The van der Waals surface area contributed by atoms with E-state index in [0.29, 0.717) is 11.1 Å². The molecule has 1 heterocycles. The summed E-state index contributed by atoms with van der Waals surface area (Å²) in [6, 6.07) is 14.2. The summed E-state index contributed by atoms with van der Waals surface area (Å²) >= 11 is 0. The SMILES string of the molecule is CC(C)(CO)COC(=O)C(CC(=O)O)CP1(=O)Oc2ccccc2-c2ccccc21. The van der Waals surface area contributed by atoms with Crippen molar-refractivity contribution in [2.24, 2.45) is 11.3 Å². The summed E-state index contributed by atoms with van der Waals surface area (Å²) in [7, 11) is -3.59. The summed E-state index contributed by atoms with van der Waals surface area (Å²) in [6.45, 7) is 3.15. The number of ether oxygens (including phenoxy) is 1. The third-order valence-corrected chi connectivity index (χ3v) is 7.48. The zero-order chi connectivity index (χ0) is 21.9. The monoisotopic (exact) mass is 432 g/mol. The number of rotatable bonds is 8. The van der Waals surface area contributed by atoms with Gasteiger partial charge in [0, 0.05) is 11.0 Å². The summed E-state index contributed by atoms with van der Waals surface area (Å²) in [5.74, 6) is -2.69. The van der Waals surface area contributed by atoms with Crippen molar-refractivity contribution in [2.45, 2.75) is 20.3 Å². The number of carbonyl (C=O) groups excluding carboxylic acids is 1. The number of para-hydroxylation sites is 1. The fourth-order valence-electron chi connectivity index (χ4n) is 3.26. The van der Waals surface area contributed by atoms with Crippen molar-refractivity contribution in [3.8, 4) is 16.9 Å². The zero-order valence-electron chi connectivity index (χ0n) is 16.9. The Kier molecular flexibility index (Phi) is 6.34. The van der Waals surface area contributed by atoms with Gasteiger partial charge < -0.3 is 19.5 Å². The Labute approximate surface area is 175 Å². The van der Waals surface area contributed by atoms with Crippen LogP contribution in [0.2, 0.25) is 0 Å². The molecule has 0 fully saturated rings. The molecule has 1 aliphatic heterocycles. The van der Waals surface area contributed by atoms with Crippen molar-refractivity contribution in [2.75, 3.05) is 19.4 Å². The second kappa shape index (κ2) is 8.62. The van der Waals surface area contributed by atoms with Gasteiger partial charge in [-0.3, -0.25) is 14.2 Å². The lowest BCUT2D eigenvalue weighted by atomic mass is 9.96. The molecule has 2 atom stereocenters. The number of aliphatic hydroxyl groups is 1. The van der Waals surface area contributed by atoms with Gasteiger partial charge in [0.05, 0.1) is 37.0 Å². The largest absolute Gasteiger partial charge is 0.481 e. The number of aliphatic carboxylic acids is 1. The highest BCUT2D eigenvalue weighted by atomic mass is 31.2. The summed E-state index contributed by atoms with van der Waals surface area (Å²) in [5.41, 5.74) is 0.869. The van der Waals surface area contributed by atoms with E-state index in [9.17, 15) is 24.4 Å². The van der Waals surface area contributed by atoms with Crippen LogP contribution >= 0.6 is 7.37 Å². The van der Waals surface area contributed by atoms with E-state index in [1.54, 1.807) is 38.1 Å². The van der Waals surface area contributed by atoms with Gasteiger partial charge in [-0.1, -0.05) is 50.2 Å². The molecule has 3 rings (SSSR count). The van der Waals surface area contributed by atoms with E-state index in [1.807, 2.05) is 24.3 Å². The Hall–Kier alpha value is -2.63. The Balaban J connectivity index is 1.91. The predicted octanol–water partition coefficient (Wildman–Crippen LogP) is 3.30. The molecule has 0 amide bonds. The molecule has 2 aromatic rings. The molecule has 0 saturated heterocycles. The van der Waals surface area contributed by atoms with Gasteiger partial charge in [0.15, 0.2) is 0 Å². The highest BCUT2D eigenvalue weighted by Crippen LogP contribution is 2.55. The minimum atomic E-state index is -3.59. The van der Waals surface area contributed by atoms with Gasteiger partial charge >= 0.3 is 11.9 Å². The van der Waals surface area contributed by atoms with Crippen LogP contribution < -0.4 is 9.83 Å². The zero-order valence-corrected chi connectivity index (χ0v) is 17.8. The number of carboxylic acids is 1. The van der Waals surface area contributed by atoms with Crippen molar-refractivity contribution >= 4 is 24.6 Å². The molecule has 0 bridgehead atoms. The first-order chi connectivity index (χ1) is 14.1. The number of carbonyl (C=O) groups is 2. The van der Waals surface area contributed by atoms with Crippen LogP contribution in [0.4, 0.5) is 0 Å². The molecule has 0 radical (unpaired) electrons. The topological polar surface area (TPSA) is 110 Å². The minimum absolute atomic E-state index is 0.0803. The maximum Gasteiger partial charge on any atom is 0.310 e. The molecule has 7 nitrogen and oxygen atoms in total. The number of esters is 1. The second-order valence-corrected chi connectivity index (χ2v) is 10.6. The smallest absolute Gasteiger partial charge is 0.310 e. The van der Waals surface area contributed by atoms with Gasteiger partial charge in [-0.2, -0.15) is 0 Å². The third-order valence-electron chi connectivity index (χ3n) is 4.94. The average Bonchev–Trinajstić information content (AvgIpc) is 2.71. The first-order valence-corrected chi connectivity index (χ1v) is 11.4. The quantitative estimate of drug-likeness (QED) is 0.486. The Bertz CT molecular complexity index is 998. The second-order valence-electron chi connectivity index (χ2n) is 8.19. The van der Waals surface area contributed by atoms with Crippen molar-refractivity contribution in [1.82, 2.24) is 0 Å². The van der Waals surface area contributed by atoms with Crippen LogP contribution in [0.1, 0.15) is 20.3 Å². The maximum atomic E-state index is 13.9. The molecule has 2 aromatic carbocycles. The average molecular weight is 432 g/mol. The Morgan fingerprint density at radius 2 is 1.73 bits per heavy atom. The molecule has 0 spiro atoms. The van der Waals surface area contributed by atoms with Gasteiger partial charge in [-0.05, 0) is 17.7 Å². The van der Waals surface area contributed by atoms with E-state index in [2.05, 4.69) is 0 Å². The number of carboxylic acid groups (broad SMARTS) is 1. The third kappa shape index (κ3) is 4.74. The summed E-state index contributed by atoms with van der Waals surface area (Å²) in [4.78, 5) is 24.1. The molecule has 8 heteroatoms. The van der Waals surface area contributed by atoms with Gasteiger partial charge in [0.25, 0.3) is 7.37 Å². The fraction of sp³-hybridized carbons (Fsp3) is 0.364. The molecular formula is C22H25O7P. The highest BCUT2D eigenvalue weighted by molar-refractivity contribution is 7.67. The van der Waals surface area contributed by atoms with Gasteiger partial charge in [0.2, 0.25) is 0 Å². The lowest BCUT2D eigenvalue weighted by Gasteiger charge is -2.30. The van der Waals surface area contributed by atoms with Crippen molar-refractivity contribution in [3.63, 3.8) is 0 Å². The number of hydrogen-bond acceptors (Lipinski definition) is 6. The van der Waals surface area contributed by atoms with Gasteiger partial charge in [-0.25, -0.2) is 0 Å². The standard InChI is InChI=1S/C22H25O7P/c1-22(2,13-23)14-28-21(26)15(11-20(24)25)12-30(27)19-10-6-4-8-17(19)16-7-3-5-9-18(16)29-30/h3-10,15,23H,11-14H2,1-2H3,(H,24,25). The first-order valence-electron chi connectivity index (χ1n) is 9.62. The van der Waals surface area contributed by atoms with Crippen LogP contribution in [0.3, 0.4) is 0 Å². The van der Waals surface area contributed by atoms with Crippen LogP contribution in [0.5, 0.6) is 5.75 Å². The Morgan fingerprint density at radius 3 is 2.40 bits per heavy atom. The van der Waals surface area contributed by atoms with Crippen molar-refractivity contribution in [1.29, 1.82) is 0 Å². The summed E-state index contributed by atoms with van der Waals surface area (Å²) in [5, 5.41) is 19.1. The molecule has 30 heavy (non-hydrogen) atoms. The minimum Gasteiger partial charge on any atom is -0.481 e. The van der Waals surface area contributed by atoms with Crippen LogP contribution in [-0.4, -0.2) is 41.5 Å². The molecule has 0 aliphatic carbocycles. The highest BCUT2D eigenvalue weighted by Gasteiger charge is 2.41. The number of aliphatic hydroxyl groups excluding tert-OH is 1. The van der Waals surface area contributed by atoms with Crippen molar-refractivity contribution in [3.05, 3.63) is 48.5 Å². The van der Waals surface area contributed by atoms with Crippen LogP contribution in [0, 0.1) is 11.3 Å². The molecule has 0 aromatic heterocycles. The van der Waals surface area contributed by atoms with Gasteiger partial charge in [0.1, 0.15) is 5.75 Å². The Morgan fingerprint density at radius 1 is 1.10 bits per heavy atom. The van der Waals surface area contributed by atoms with Crippen molar-refractivity contribution < 1.29 is 33.6 Å². The van der Waals surface area contributed by atoms with Gasteiger partial charge in [-0.15, -0.1) is 0 Å². The number of benzene rings is 2. The number of fused-ring (bicyclic) bond motifs is 3. The summed E-state index contributed by atoms with van der Waals surface area (Å²) < 4.78 is 25.1. The first kappa shape index (κ1) is 22.1. The lowest BCUT2D eigenvalue weighted by Crippen LogP contribution is -2.32. The van der Waals surface area contributed by atoms with Crippen LogP contribution in [0.15, 0.2) is 48.5 Å². The van der Waals surface area contributed by atoms with E-state index in [0.717, 1.165) is 11.1 Å². The van der Waals surface area contributed by atoms with E-state index < -0.39 is 37.1 Å². The number of hydrogen-bond donors (Lipinski definition) is 2. The molecular weight excluding hydrogens is 407 g/mol. The van der Waals surface area contributed by atoms with Crippen LogP contribution in [-0.2, 0) is 18.9 Å². The summed E-state index contributed by atoms with van der Waals surface area (Å²) in [6.07, 6.45) is -0.821. The van der Waals surface area contributed by atoms with E-state index in [4.69, 9.17) is 9.26 Å².